The third kappa shape index (κ3) is 5.08. The fourth-order valence-corrected chi connectivity index (χ4v) is 4.34. The van der Waals surface area contributed by atoms with Gasteiger partial charge in [-0.15, -0.1) is 11.3 Å². The monoisotopic (exact) mass is 398 g/mol. The van der Waals surface area contributed by atoms with Crippen molar-refractivity contribution in [1.29, 1.82) is 0 Å². The minimum atomic E-state index is -5.25. The number of halogens is 3. The molecule has 0 unspecified atom stereocenters. The Morgan fingerprint density at radius 1 is 1.36 bits per heavy atom. The Bertz CT molecular complexity index is 708. The zero-order valence-electron chi connectivity index (χ0n) is 13.9. The van der Waals surface area contributed by atoms with Gasteiger partial charge in [-0.05, 0) is 31.9 Å². The van der Waals surface area contributed by atoms with E-state index in [0.717, 1.165) is 4.88 Å². The van der Waals surface area contributed by atoms with E-state index in [0.29, 0.717) is 16.8 Å². The second kappa shape index (κ2) is 7.92. The van der Waals surface area contributed by atoms with Gasteiger partial charge in [-0.25, -0.2) is 8.42 Å². The fourth-order valence-electron chi connectivity index (χ4n) is 2.53. The van der Waals surface area contributed by atoms with Crippen LogP contribution in [-0.2, 0) is 16.6 Å². The maximum atomic E-state index is 12.6. The van der Waals surface area contributed by atoms with Crippen molar-refractivity contribution >= 4 is 27.3 Å². The van der Waals surface area contributed by atoms with E-state index in [1.807, 2.05) is 19.1 Å². The van der Waals surface area contributed by atoms with Crippen LogP contribution in [-0.4, -0.2) is 50.4 Å². The van der Waals surface area contributed by atoms with Crippen molar-refractivity contribution in [2.24, 2.45) is 4.99 Å². The number of nitrogens with one attached hydrogen (secondary N) is 2. The Balaban J connectivity index is 1.84. The highest BCUT2D eigenvalue weighted by atomic mass is 32.2. The summed E-state index contributed by atoms with van der Waals surface area (Å²) in [4.78, 5) is 6.45. The average Bonchev–Trinajstić information content (AvgIpc) is 2.96. The van der Waals surface area contributed by atoms with Crippen LogP contribution in [0.3, 0.4) is 0 Å². The number of thiophene rings is 1. The highest BCUT2D eigenvalue weighted by Crippen LogP contribution is 2.28. The van der Waals surface area contributed by atoms with Gasteiger partial charge in [-0.3, -0.25) is 4.99 Å². The maximum absolute atomic E-state index is 12.6. The Hall–Kier alpha value is -1.33. The van der Waals surface area contributed by atoms with Crippen LogP contribution in [0.5, 0.6) is 0 Å². The first kappa shape index (κ1) is 20.0. The molecular formula is C14H21F3N4O2S2. The third-order valence-corrected chi connectivity index (χ3v) is 6.51. The lowest BCUT2D eigenvalue weighted by molar-refractivity contribution is -0.0494. The number of hydrogen-bond donors (Lipinski definition) is 2. The van der Waals surface area contributed by atoms with Crippen molar-refractivity contribution in [2.45, 2.75) is 37.9 Å². The molecule has 1 saturated heterocycles. The van der Waals surface area contributed by atoms with Crippen LogP contribution in [0.4, 0.5) is 13.2 Å². The summed E-state index contributed by atoms with van der Waals surface area (Å²) < 4.78 is 61.0. The van der Waals surface area contributed by atoms with Crippen molar-refractivity contribution in [2.75, 3.05) is 20.1 Å². The molecule has 2 heterocycles. The zero-order chi connectivity index (χ0) is 18.7. The van der Waals surface area contributed by atoms with Crippen molar-refractivity contribution in [3.8, 4) is 0 Å². The van der Waals surface area contributed by atoms with Crippen molar-refractivity contribution in [3.05, 3.63) is 21.9 Å². The first-order chi connectivity index (χ1) is 11.6. The minimum Gasteiger partial charge on any atom is -0.354 e. The van der Waals surface area contributed by atoms with E-state index in [9.17, 15) is 21.6 Å². The fraction of sp³-hybridized carbons (Fsp3) is 0.643. The van der Waals surface area contributed by atoms with Crippen LogP contribution in [0.2, 0.25) is 0 Å². The largest absolute Gasteiger partial charge is 0.511 e. The first-order valence-corrected chi connectivity index (χ1v) is 9.98. The molecule has 0 radical (unpaired) electrons. The van der Waals surface area contributed by atoms with E-state index in [-0.39, 0.29) is 32.0 Å². The standard InChI is InChI=1S/C14H21F3N4O2S2/c1-10-3-4-12(24-10)9-19-13(18-2)20-11-5-7-21(8-6-11)25(22,23)14(15,16)17/h3-4,11H,5-9H2,1-2H3,(H2,18,19,20). The molecule has 2 rings (SSSR count). The van der Waals surface area contributed by atoms with Gasteiger partial charge in [0.05, 0.1) is 6.54 Å². The van der Waals surface area contributed by atoms with E-state index < -0.39 is 15.5 Å². The summed E-state index contributed by atoms with van der Waals surface area (Å²) in [5.74, 6) is 0.545. The number of nitrogens with zero attached hydrogens (tertiary/aromatic N) is 2. The van der Waals surface area contributed by atoms with Crippen LogP contribution in [0.1, 0.15) is 22.6 Å². The highest BCUT2D eigenvalue weighted by molar-refractivity contribution is 7.90. The van der Waals surface area contributed by atoms with Gasteiger partial charge in [-0.2, -0.15) is 17.5 Å². The Kier molecular flexibility index (Phi) is 6.33. The summed E-state index contributed by atoms with van der Waals surface area (Å²) in [6.45, 7) is 2.28. The van der Waals surface area contributed by atoms with E-state index in [4.69, 9.17) is 0 Å². The Morgan fingerprint density at radius 3 is 2.48 bits per heavy atom. The third-order valence-electron chi connectivity index (χ3n) is 3.88. The number of aryl methyl sites for hydroxylation is 1. The van der Waals surface area contributed by atoms with Crippen molar-refractivity contribution < 1.29 is 21.6 Å². The molecular weight excluding hydrogens is 377 g/mol. The molecule has 1 aromatic heterocycles. The van der Waals surface area contributed by atoms with E-state index in [2.05, 4.69) is 15.6 Å². The summed E-state index contributed by atoms with van der Waals surface area (Å²) in [6, 6.07) is 3.91. The number of rotatable bonds is 4. The van der Waals surface area contributed by atoms with E-state index >= 15 is 0 Å². The highest BCUT2D eigenvalue weighted by Gasteiger charge is 2.50. The zero-order valence-corrected chi connectivity index (χ0v) is 15.6. The summed E-state index contributed by atoms with van der Waals surface area (Å²) in [6.07, 6.45) is 0.572. The molecule has 11 heteroatoms. The van der Waals surface area contributed by atoms with Crippen LogP contribution in [0, 0.1) is 6.92 Å². The van der Waals surface area contributed by atoms with Gasteiger partial charge in [0, 0.05) is 35.9 Å². The smallest absolute Gasteiger partial charge is 0.354 e. The molecule has 0 amide bonds. The van der Waals surface area contributed by atoms with Crippen LogP contribution >= 0.6 is 11.3 Å². The number of aliphatic imine (C=N–C) groups is 1. The van der Waals surface area contributed by atoms with Gasteiger partial charge >= 0.3 is 15.5 Å². The Labute approximate surface area is 149 Å². The molecule has 25 heavy (non-hydrogen) atoms. The van der Waals surface area contributed by atoms with Gasteiger partial charge in [0.15, 0.2) is 5.96 Å². The SMILES string of the molecule is CN=C(NCc1ccc(C)s1)NC1CCN(S(=O)(=O)C(F)(F)F)CC1. The van der Waals surface area contributed by atoms with Gasteiger partial charge in [0.2, 0.25) is 0 Å². The molecule has 0 atom stereocenters. The van der Waals surface area contributed by atoms with Gasteiger partial charge < -0.3 is 10.6 Å². The van der Waals surface area contributed by atoms with E-state index in [1.54, 1.807) is 18.4 Å². The van der Waals surface area contributed by atoms with Crippen LogP contribution in [0.15, 0.2) is 17.1 Å². The molecule has 0 spiro atoms. The van der Waals surface area contributed by atoms with Crippen molar-refractivity contribution in [3.63, 3.8) is 0 Å². The molecule has 0 aliphatic carbocycles. The molecule has 0 saturated carbocycles. The molecule has 1 fully saturated rings. The van der Waals surface area contributed by atoms with E-state index in [1.165, 1.54) is 4.88 Å². The molecule has 2 N–H and O–H groups in total. The predicted molar refractivity (Wildman–Crippen MR) is 92.0 cm³/mol. The van der Waals surface area contributed by atoms with Gasteiger partial charge in [0.25, 0.3) is 0 Å². The molecule has 6 nitrogen and oxygen atoms in total. The summed E-state index contributed by atoms with van der Waals surface area (Å²) in [5, 5.41) is 6.28. The number of sulfonamides is 1. The first-order valence-electron chi connectivity index (χ1n) is 7.72. The molecule has 1 aromatic rings. The van der Waals surface area contributed by atoms with Crippen LogP contribution in [0.25, 0.3) is 0 Å². The lowest BCUT2D eigenvalue weighted by Crippen LogP contribution is -2.51. The number of guanidine groups is 1. The van der Waals surface area contributed by atoms with Gasteiger partial charge in [0.1, 0.15) is 0 Å². The molecule has 0 aromatic carbocycles. The number of hydrogen-bond acceptors (Lipinski definition) is 4. The maximum Gasteiger partial charge on any atom is 0.511 e. The predicted octanol–water partition coefficient (Wildman–Crippen LogP) is 2.04. The quantitative estimate of drug-likeness (QED) is 0.601. The summed E-state index contributed by atoms with van der Waals surface area (Å²) in [7, 11) is -3.63. The molecule has 1 aliphatic heterocycles. The average molecular weight is 398 g/mol. The molecule has 142 valence electrons. The Morgan fingerprint density at radius 2 is 2.00 bits per heavy atom. The lowest BCUT2D eigenvalue weighted by Gasteiger charge is -2.32. The lowest BCUT2D eigenvalue weighted by atomic mass is 10.1. The summed E-state index contributed by atoms with van der Waals surface area (Å²) >= 11 is 1.67. The topological polar surface area (TPSA) is 73.8 Å². The summed E-state index contributed by atoms with van der Waals surface area (Å²) in [5.41, 5.74) is -5.25. The number of piperidine rings is 1. The van der Waals surface area contributed by atoms with Gasteiger partial charge in [-0.1, -0.05) is 0 Å². The normalized spacial score (nSPS) is 18.4. The van der Waals surface area contributed by atoms with Crippen LogP contribution < -0.4 is 10.6 Å². The second-order valence-corrected chi connectivity index (χ2v) is 9.01. The molecule has 0 bridgehead atoms. The second-order valence-electron chi connectivity index (χ2n) is 5.71. The molecule has 1 aliphatic rings. The van der Waals surface area contributed by atoms with Crippen molar-refractivity contribution in [1.82, 2.24) is 14.9 Å². The minimum absolute atomic E-state index is 0.129. The number of alkyl halides is 3.